The smallest absolute Gasteiger partial charge is 0.253 e. The van der Waals surface area contributed by atoms with Gasteiger partial charge in [-0.2, -0.15) is 0 Å². The van der Waals surface area contributed by atoms with Crippen LogP contribution in [0.15, 0.2) is 24.3 Å². The van der Waals surface area contributed by atoms with Crippen LogP contribution < -0.4 is 0 Å². The van der Waals surface area contributed by atoms with Crippen molar-refractivity contribution in [2.45, 2.75) is 51.9 Å². The number of likely N-dealkylation sites (tertiary alicyclic amines) is 1. The fraction of sp³-hybridized carbons (Fsp3) is 0.588. The molecule has 1 aromatic carbocycles. The molecule has 1 aliphatic heterocycles. The number of carbonyl (C=O) groups is 1. The number of hydrogen-bond acceptors (Lipinski definition) is 3. The molecule has 0 aliphatic carbocycles. The first-order valence-corrected chi connectivity index (χ1v) is 7.59. The van der Waals surface area contributed by atoms with Crippen molar-refractivity contribution in [2.24, 2.45) is 0 Å². The standard InChI is InChI=1S/C17H25NO3/c1-13(2)21-12-14-4-6-15(7-5-14)16(19)18-10-8-17(3,20)9-11-18/h4-7,13,20H,8-12H2,1-3H3. The minimum atomic E-state index is -0.630. The maximum Gasteiger partial charge on any atom is 0.253 e. The van der Waals surface area contributed by atoms with Crippen LogP contribution in [0.3, 0.4) is 0 Å². The first-order chi connectivity index (χ1) is 9.87. The molecule has 1 aliphatic rings. The van der Waals surface area contributed by atoms with Crippen LogP contribution in [0.4, 0.5) is 0 Å². The minimum Gasteiger partial charge on any atom is -0.390 e. The Balaban J connectivity index is 1.94. The Kier molecular flexibility index (Phi) is 5.01. The van der Waals surface area contributed by atoms with Crippen LogP contribution in [0.2, 0.25) is 0 Å². The van der Waals surface area contributed by atoms with Crippen molar-refractivity contribution in [3.8, 4) is 0 Å². The van der Waals surface area contributed by atoms with Crippen LogP contribution in [0.25, 0.3) is 0 Å². The molecule has 0 atom stereocenters. The maximum absolute atomic E-state index is 12.4. The summed E-state index contributed by atoms with van der Waals surface area (Å²) in [5, 5.41) is 9.93. The van der Waals surface area contributed by atoms with Crippen LogP contribution in [-0.2, 0) is 11.3 Å². The zero-order valence-electron chi connectivity index (χ0n) is 13.1. The number of amides is 1. The summed E-state index contributed by atoms with van der Waals surface area (Å²) in [5.74, 6) is 0.0434. The Morgan fingerprint density at radius 3 is 2.38 bits per heavy atom. The quantitative estimate of drug-likeness (QED) is 0.927. The molecule has 1 heterocycles. The van der Waals surface area contributed by atoms with Gasteiger partial charge in [0.15, 0.2) is 0 Å². The fourth-order valence-corrected chi connectivity index (χ4v) is 2.38. The van der Waals surface area contributed by atoms with E-state index in [2.05, 4.69) is 0 Å². The summed E-state index contributed by atoms with van der Waals surface area (Å²) in [6, 6.07) is 7.59. The van der Waals surface area contributed by atoms with E-state index >= 15 is 0 Å². The predicted octanol–water partition coefficient (Wildman–Crippen LogP) is 2.60. The van der Waals surface area contributed by atoms with Gasteiger partial charge in [-0.15, -0.1) is 0 Å². The van der Waals surface area contributed by atoms with Gasteiger partial charge < -0.3 is 14.7 Å². The summed E-state index contributed by atoms with van der Waals surface area (Å²) in [5.41, 5.74) is 1.14. The van der Waals surface area contributed by atoms with Crippen LogP contribution in [-0.4, -0.2) is 40.7 Å². The lowest BCUT2D eigenvalue weighted by atomic mass is 9.93. The number of ether oxygens (including phenoxy) is 1. The number of rotatable bonds is 4. The van der Waals surface area contributed by atoms with Gasteiger partial charge in [-0.1, -0.05) is 12.1 Å². The second-order valence-electron chi connectivity index (χ2n) is 6.35. The van der Waals surface area contributed by atoms with Gasteiger partial charge in [-0.05, 0) is 51.3 Å². The third-order valence-corrected chi connectivity index (χ3v) is 3.91. The Labute approximate surface area is 126 Å². The van der Waals surface area contributed by atoms with E-state index in [1.165, 1.54) is 0 Å². The maximum atomic E-state index is 12.4. The monoisotopic (exact) mass is 291 g/mol. The molecule has 1 fully saturated rings. The summed E-state index contributed by atoms with van der Waals surface area (Å²) in [7, 11) is 0. The molecule has 1 saturated heterocycles. The van der Waals surface area contributed by atoms with E-state index in [0.29, 0.717) is 38.1 Å². The van der Waals surface area contributed by atoms with E-state index in [0.717, 1.165) is 5.56 Å². The average molecular weight is 291 g/mol. The largest absolute Gasteiger partial charge is 0.390 e. The zero-order valence-corrected chi connectivity index (χ0v) is 13.1. The third kappa shape index (κ3) is 4.55. The summed E-state index contributed by atoms with van der Waals surface area (Å²) in [6.07, 6.45) is 1.48. The van der Waals surface area contributed by atoms with E-state index in [9.17, 15) is 9.90 Å². The first-order valence-electron chi connectivity index (χ1n) is 7.59. The van der Waals surface area contributed by atoms with E-state index < -0.39 is 5.60 Å². The van der Waals surface area contributed by atoms with Gasteiger partial charge in [0, 0.05) is 18.7 Å². The molecular weight excluding hydrogens is 266 g/mol. The highest BCUT2D eigenvalue weighted by Gasteiger charge is 2.29. The van der Waals surface area contributed by atoms with Crippen molar-refractivity contribution in [3.05, 3.63) is 35.4 Å². The highest BCUT2D eigenvalue weighted by Crippen LogP contribution is 2.22. The van der Waals surface area contributed by atoms with Crippen molar-refractivity contribution in [2.75, 3.05) is 13.1 Å². The van der Waals surface area contributed by atoms with Crippen molar-refractivity contribution in [1.29, 1.82) is 0 Å². The van der Waals surface area contributed by atoms with Crippen molar-refractivity contribution < 1.29 is 14.6 Å². The Hall–Kier alpha value is -1.39. The van der Waals surface area contributed by atoms with Crippen LogP contribution in [0.5, 0.6) is 0 Å². The molecule has 21 heavy (non-hydrogen) atoms. The number of carbonyl (C=O) groups excluding carboxylic acids is 1. The Morgan fingerprint density at radius 1 is 1.29 bits per heavy atom. The minimum absolute atomic E-state index is 0.0434. The Bertz CT molecular complexity index is 469. The zero-order chi connectivity index (χ0) is 15.5. The van der Waals surface area contributed by atoms with Crippen LogP contribution >= 0.6 is 0 Å². The molecular formula is C17H25NO3. The van der Waals surface area contributed by atoms with E-state index in [1.54, 1.807) is 0 Å². The third-order valence-electron chi connectivity index (χ3n) is 3.91. The number of piperidine rings is 1. The molecule has 1 aromatic rings. The molecule has 0 saturated carbocycles. The van der Waals surface area contributed by atoms with Crippen molar-refractivity contribution in [3.63, 3.8) is 0 Å². The van der Waals surface area contributed by atoms with Gasteiger partial charge >= 0.3 is 0 Å². The second-order valence-corrected chi connectivity index (χ2v) is 6.35. The number of nitrogens with zero attached hydrogens (tertiary/aromatic N) is 1. The van der Waals surface area contributed by atoms with Gasteiger partial charge in [0.05, 0.1) is 18.3 Å². The van der Waals surface area contributed by atoms with Crippen molar-refractivity contribution in [1.82, 2.24) is 4.90 Å². The molecule has 0 spiro atoms. The number of benzene rings is 1. The number of aliphatic hydroxyl groups is 1. The lowest BCUT2D eigenvalue weighted by Gasteiger charge is -2.35. The van der Waals surface area contributed by atoms with Gasteiger partial charge in [-0.3, -0.25) is 4.79 Å². The molecule has 0 radical (unpaired) electrons. The highest BCUT2D eigenvalue weighted by molar-refractivity contribution is 5.94. The van der Waals surface area contributed by atoms with Gasteiger partial charge in [0.1, 0.15) is 0 Å². The number of hydrogen-bond donors (Lipinski definition) is 1. The van der Waals surface area contributed by atoms with E-state index in [1.807, 2.05) is 49.9 Å². The molecule has 1 N–H and O–H groups in total. The lowest BCUT2D eigenvalue weighted by Crippen LogP contribution is -2.45. The van der Waals surface area contributed by atoms with Crippen LogP contribution in [0, 0.1) is 0 Å². The molecule has 0 bridgehead atoms. The van der Waals surface area contributed by atoms with Gasteiger partial charge in [0.25, 0.3) is 5.91 Å². The Morgan fingerprint density at radius 2 is 1.86 bits per heavy atom. The summed E-state index contributed by atoms with van der Waals surface area (Å²) in [6.45, 7) is 7.64. The topological polar surface area (TPSA) is 49.8 Å². The van der Waals surface area contributed by atoms with E-state index in [-0.39, 0.29) is 12.0 Å². The molecule has 0 unspecified atom stereocenters. The summed E-state index contributed by atoms with van der Waals surface area (Å²) < 4.78 is 5.54. The highest BCUT2D eigenvalue weighted by atomic mass is 16.5. The average Bonchev–Trinajstić information content (AvgIpc) is 2.45. The predicted molar refractivity (Wildman–Crippen MR) is 82.1 cm³/mol. The molecule has 4 heteroatoms. The lowest BCUT2D eigenvalue weighted by molar-refractivity contribution is -0.00203. The second kappa shape index (κ2) is 6.58. The molecule has 2 rings (SSSR count). The van der Waals surface area contributed by atoms with Crippen LogP contribution in [0.1, 0.15) is 49.5 Å². The summed E-state index contributed by atoms with van der Waals surface area (Å²) in [4.78, 5) is 14.2. The molecule has 1 amide bonds. The van der Waals surface area contributed by atoms with Gasteiger partial charge in [-0.25, -0.2) is 0 Å². The summed E-state index contributed by atoms with van der Waals surface area (Å²) >= 11 is 0. The first kappa shape index (κ1) is 16.0. The van der Waals surface area contributed by atoms with Gasteiger partial charge in [0.2, 0.25) is 0 Å². The van der Waals surface area contributed by atoms with Crippen molar-refractivity contribution >= 4 is 5.91 Å². The normalized spacial score (nSPS) is 18.0. The molecule has 116 valence electrons. The SMILES string of the molecule is CC(C)OCc1ccc(C(=O)N2CCC(C)(O)CC2)cc1. The molecule has 4 nitrogen and oxygen atoms in total. The molecule has 0 aromatic heterocycles. The fourth-order valence-electron chi connectivity index (χ4n) is 2.38. The van der Waals surface area contributed by atoms with E-state index in [4.69, 9.17) is 4.74 Å².